The van der Waals surface area contributed by atoms with Gasteiger partial charge in [0.2, 0.25) is 0 Å². The van der Waals surface area contributed by atoms with Crippen molar-refractivity contribution in [2.45, 2.75) is 90.9 Å². The van der Waals surface area contributed by atoms with Crippen molar-refractivity contribution in [3.63, 3.8) is 0 Å². The summed E-state index contributed by atoms with van der Waals surface area (Å²) in [7, 11) is 0. The second-order valence-corrected chi connectivity index (χ2v) is 5.07. The maximum atomic E-state index is 9.92. The van der Waals surface area contributed by atoms with Crippen molar-refractivity contribution in [1.29, 1.82) is 0 Å². The van der Waals surface area contributed by atoms with E-state index in [-0.39, 0.29) is 55.7 Å². The molecule has 0 aliphatic rings. The van der Waals surface area contributed by atoms with Crippen LogP contribution in [0.3, 0.4) is 0 Å². The average molecular weight is 481 g/mol. The van der Waals surface area contributed by atoms with E-state index in [1.807, 2.05) is 0 Å². The molecule has 22 heavy (non-hydrogen) atoms. The Morgan fingerprint density at radius 3 is 1.14 bits per heavy atom. The van der Waals surface area contributed by atoms with E-state index in [0.29, 0.717) is 0 Å². The van der Waals surface area contributed by atoms with Crippen molar-refractivity contribution in [3.05, 3.63) is 0 Å². The number of aliphatic carboxylic acids is 2. The molecule has 0 rings (SSSR count). The molecular weight excluding hydrogens is 451 g/mol. The predicted molar refractivity (Wildman–Crippen MR) is 82.5 cm³/mol. The Balaban J connectivity index is -0.000000135. The van der Waals surface area contributed by atoms with Crippen LogP contribution in [0.4, 0.5) is 0 Å². The van der Waals surface area contributed by atoms with Gasteiger partial charge in [0.25, 0.3) is 0 Å². The number of carbonyl (C=O) groups excluding carboxylic acids is 2. The first-order chi connectivity index (χ1) is 9.54. The molecule has 6 heteroatoms. The molecule has 0 aromatic heterocycles. The molecule has 0 N–H and O–H groups in total. The first-order valence-electron chi connectivity index (χ1n) is 7.94. The van der Waals surface area contributed by atoms with Gasteiger partial charge in [0.15, 0.2) is 0 Å². The zero-order valence-corrected chi connectivity index (χ0v) is 19.0. The molecule has 0 saturated carbocycles. The molecule has 0 aromatic carbocycles. The van der Waals surface area contributed by atoms with Gasteiger partial charge < -0.3 is 36.8 Å². The Morgan fingerprint density at radius 2 is 0.909 bits per heavy atom. The van der Waals surface area contributed by atoms with Crippen molar-refractivity contribution < 1.29 is 36.8 Å². The van der Waals surface area contributed by atoms with Crippen molar-refractivity contribution in [2.75, 3.05) is 0 Å². The van der Waals surface area contributed by atoms with Crippen LogP contribution < -0.4 is 27.2 Å². The minimum atomic E-state index is -0.920. The van der Waals surface area contributed by atoms with E-state index < -0.39 is 11.9 Å². The fourth-order valence-corrected chi connectivity index (χ4v) is 1.75. The van der Waals surface area contributed by atoms with Crippen LogP contribution in [-0.2, 0) is 9.59 Å². The Labute approximate surface area is 165 Å². The predicted octanol–water partition coefficient (Wildman–Crippen LogP) is -1.18. The smallest absolute Gasteiger partial charge is 1.00 e. The molecule has 4 nitrogen and oxygen atoms in total. The summed E-state index contributed by atoms with van der Waals surface area (Å²) in [5, 5.41) is 19.8. The molecule has 0 fully saturated rings. The van der Waals surface area contributed by atoms with Crippen LogP contribution in [0.25, 0.3) is 0 Å². The summed E-state index contributed by atoms with van der Waals surface area (Å²) in [5.74, 6) is -1.84. The quantitative estimate of drug-likeness (QED) is 0.329. The Hall–Kier alpha value is 0.290. The normalized spacial score (nSPS) is 8.82. The minimum absolute atomic E-state index is 0. The molecule has 0 heterocycles. The molecule has 0 aliphatic heterocycles. The van der Waals surface area contributed by atoms with Crippen molar-refractivity contribution in [3.8, 4) is 0 Å². The second kappa shape index (κ2) is 26.2. The van der Waals surface area contributed by atoms with E-state index in [0.717, 1.165) is 38.5 Å². The van der Waals surface area contributed by atoms with E-state index in [9.17, 15) is 19.8 Å². The number of unbranched alkanes of at least 4 members (excludes halogenated alkanes) is 8. The number of carboxylic acids is 2. The van der Waals surface area contributed by atoms with Crippen LogP contribution in [-0.4, -0.2) is 37.8 Å². The van der Waals surface area contributed by atoms with Crippen molar-refractivity contribution >= 4 is 37.8 Å². The van der Waals surface area contributed by atoms with Crippen LogP contribution in [0.5, 0.6) is 0 Å². The molecular formula is C16H30BrInO4. The number of hydrogen-bond donors (Lipinski definition) is 0. The van der Waals surface area contributed by atoms with E-state index in [1.165, 1.54) is 25.7 Å². The van der Waals surface area contributed by atoms with Gasteiger partial charge in [0.05, 0.1) is 0 Å². The van der Waals surface area contributed by atoms with Crippen LogP contribution in [0, 0.1) is 0 Å². The van der Waals surface area contributed by atoms with Crippen molar-refractivity contribution in [1.82, 2.24) is 0 Å². The zero-order valence-electron chi connectivity index (χ0n) is 14.1. The second-order valence-electron chi connectivity index (χ2n) is 5.07. The molecule has 128 valence electrons. The first-order valence-corrected chi connectivity index (χ1v) is 7.94. The third kappa shape index (κ3) is 37.0. The van der Waals surface area contributed by atoms with Crippen LogP contribution in [0.15, 0.2) is 0 Å². The van der Waals surface area contributed by atoms with Crippen LogP contribution in [0.2, 0.25) is 0 Å². The standard InChI is InChI=1S/2C8H16O2.BrH.In/c2*1-2-3-4-5-6-7-8(9)10;;/h2*2-7H2,1H3,(H,9,10);1H;/q;;;+3/p-3. The van der Waals surface area contributed by atoms with E-state index in [2.05, 4.69) is 13.8 Å². The van der Waals surface area contributed by atoms with Gasteiger partial charge >= 0.3 is 25.8 Å². The number of hydrogen-bond acceptors (Lipinski definition) is 4. The third-order valence-electron chi connectivity index (χ3n) is 2.97. The molecule has 0 aliphatic carbocycles. The molecule has 0 aromatic rings. The monoisotopic (exact) mass is 480 g/mol. The van der Waals surface area contributed by atoms with Gasteiger partial charge in [0.1, 0.15) is 0 Å². The first kappa shape index (κ1) is 30.2. The number of carboxylic acid groups (broad SMARTS) is 2. The van der Waals surface area contributed by atoms with Gasteiger partial charge in [-0.3, -0.25) is 0 Å². The third-order valence-corrected chi connectivity index (χ3v) is 2.97. The van der Waals surface area contributed by atoms with Gasteiger partial charge in [-0.1, -0.05) is 65.2 Å². The summed E-state index contributed by atoms with van der Waals surface area (Å²) >= 11 is 0. The Bertz CT molecular complexity index is 214. The molecule has 0 bridgehead atoms. The number of carbonyl (C=O) groups is 2. The molecule has 0 radical (unpaired) electrons. The van der Waals surface area contributed by atoms with Crippen LogP contribution in [0.1, 0.15) is 90.9 Å². The van der Waals surface area contributed by atoms with Gasteiger partial charge in [-0.05, 0) is 25.7 Å². The summed E-state index contributed by atoms with van der Waals surface area (Å²) in [6, 6.07) is 0. The zero-order chi connectivity index (χ0) is 15.6. The molecule has 0 unspecified atom stereocenters. The molecule has 0 spiro atoms. The Kier molecular flexibility index (Phi) is 36.0. The maximum absolute atomic E-state index is 9.92. The van der Waals surface area contributed by atoms with Gasteiger partial charge in [-0.15, -0.1) is 0 Å². The van der Waals surface area contributed by atoms with E-state index in [1.54, 1.807) is 0 Å². The van der Waals surface area contributed by atoms with Gasteiger partial charge in [0, 0.05) is 11.9 Å². The number of rotatable bonds is 12. The SMILES string of the molecule is CCCCCCCC(=O)[O-].CCCCCCCC(=O)[O-].[Br-].[In+3]. The molecule has 0 amide bonds. The minimum Gasteiger partial charge on any atom is -1.00 e. The fourth-order valence-electron chi connectivity index (χ4n) is 1.75. The van der Waals surface area contributed by atoms with Crippen molar-refractivity contribution in [2.24, 2.45) is 0 Å². The molecule has 0 saturated heterocycles. The topological polar surface area (TPSA) is 80.3 Å². The average Bonchev–Trinajstić information content (AvgIpc) is 2.38. The molecule has 0 atom stereocenters. The number of halogens is 1. The van der Waals surface area contributed by atoms with Gasteiger partial charge in [-0.2, -0.15) is 0 Å². The maximum Gasteiger partial charge on any atom is 3.00 e. The van der Waals surface area contributed by atoms with Gasteiger partial charge in [-0.25, -0.2) is 0 Å². The summed E-state index contributed by atoms with van der Waals surface area (Å²) in [6.45, 7) is 4.28. The van der Waals surface area contributed by atoms with E-state index in [4.69, 9.17) is 0 Å². The fraction of sp³-hybridized carbons (Fsp3) is 0.875. The summed E-state index contributed by atoms with van der Waals surface area (Å²) in [5.41, 5.74) is 0. The van der Waals surface area contributed by atoms with Crippen LogP contribution >= 0.6 is 0 Å². The van der Waals surface area contributed by atoms with E-state index >= 15 is 0 Å². The largest absolute Gasteiger partial charge is 3.00 e. The summed E-state index contributed by atoms with van der Waals surface area (Å²) in [4.78, 5) is 19.8. The summed E-state index contributed by atoms with van der Waals surface area (Å²) in [6.07, 6.45) is 11.2. The Morgan fingerprint density at radius 1 is 0.636 bits per heavy atom. The summed E-state index contributed by atoms with van der Waals surface area (Å²) < 4.78 is 0.